The van der Waals surface area contributed by atoms with Crippen molar-refractivity contribution < 1.29 is 22.0 Å². The van der Waals surface area contributed by atoms with Gasteiger partial charge in [0.05, 0.1) is 21.8 Å². The molecule has 1 amide bonds. The lowest BCUT2D eigenvalue weighted by atomic mass is 9.86. The van der Waals surface area contributed by atoms with Gasteiger partial charge in [-0.05, 0) is 50.3 Å². The smallest absolute Gasteiger partial charge is 0.248 e. The number of rotatable bonds is 6. The summed E-state index contributed by atoms with van der Waals surface area (Å²) in [5.41, 5.74) is 6.51. The SMILES string of the molecule is CC(N1CCC(C(N)=O)C1)S(=O)(=O)c1ccc2c(c1)nc(C(C)(C)C)n2CC1CCC(F)(F)CC1. The fraction of sp³-hybridized carbons (Fsp3) is 0.680. The number of likely N-dealkylation sites (tertiary alicyclic amines) is 1. The number of imidazole rings is 1. The van der Waals surface area contributed by atoms with Crippen molar-refractivity contribution in [3.05, 3.63) is 24.0 Å². The molecule has 194 valence electrons. The molecular weight excluding hydrogens is 474 g/mol. The van der Waals surface area contributed by atoms with Gasteiger partial charge in [-0.3, -0.25) is 9.69 Å². The largest absolute Gasteiger partial charge is 0.369 e. The van der Waals surface area contributed by atoms with E-state index in [0.29, 0.717) is 44.4 Å². The molecule has 2 unspecified atom stereocenters. The van der Waals surface area contributed by atoms with Gasteiger partial charge in [-0.25, -0.2) is 22.2 Å². The van der Waals surface area contributed by atoms with Gasteiger partial charge in [-0.15, -0.1) is 0 Å². The van der Waals surface area contributed by atoms with Crippen molar-refractivity contribution in [2.45, 2.75) is 88.0 Å². The highest BCUT2D eigenvalue weighted by molar-refractivity contribution is 7.92. The summed E-state index contributed by atoms with van der Waals surface area (Å²) in [5.74, 6) is -2.37. The van der Waals surface area contributed by atoms with E-state index in [2.05, 4.69) is 4.57 Å². The molecule has 1 saturated carbocycles. The number of fused-ring (bicyclic) bond motifs is 1. The number of alkyl halides is 2. The van der Waals surface area contributed by atoms with E-state index in [1.807, 2.05) is 20.8 Å². The molecule has 10 heteroatoms. The second-order valence-electron chi connectivity index (χ2n) is 11.3. The molecule has 2 aromatic rings. The average Bonchev–Trinajstić information content (AvgIpc) is 3.39. The van der Waals surface area contributed by atoms with Crippen LogP contribution in [0.5, 0.6) is 0 Å². The van der Waals surface area contributed by atoms with Gasteiger partial charge in [-0.2, -0.15) is 0 Å². The van der Waals surface area contributed by atoms with Crippen LogP contribution in [0.3, 0.4) is 0 Å². The van der Waals surface area contributed by atoms with Gasteiger partial charge in [0.25, 0.3) is 0 Å². The summed E-state index contributed by atoms with van der Waals surface area (Å²) in [6, 6.07) is 5.00. The molecule has 4 rings (SSSR count). The lowest BCUT2D eigenvalue weighted by Gasteiger charge is -2.30. The Morgan fingerprint density at radius 2 is 1.89 bits per heavy atom. The lowest BCUT2D eigenvalue weighted by molar-refractivity contribution is -0.121. The van der Waals surface area contributed by atoms with Crippen LogP contribution in [0.4, 0.5) is 8.78 Å². The maximum Gasteiger partial charge on any atom is 0.248 e. The summed E-state index contributed by atoms with van der Waals surface area (Å²) < 4.78 is 56.3. The molecule has 2 N–H and O–H groups in total. The summed E-state index contributed by atoms with van der Waals surface area (Å²) in [5, 5.41) is -0.794. The molecule has 0 radical (unpaired) electrons. The molecule has 1 aliphatic heterocycles. The van der Waals surface area contributed by atoms with E-state index >= 15 is 0 Å². The number of benzene rings is 1. The second kappa shape index (κ2) is 9.10. The highest BCUT2D eigenvalue weighted by Crippen LogP contribution is 2.38. The Hall–Kier alpha value is -2.07. The third-order valence-electron chi connectivity index (χ3n) is 7.58. The topological polar surface area (TPSA) is 98.3 Å². The number of aromatic nitrogens is 2. The number of amides is 1. The quantitative estimate of drug-likeness (QED) is 0.631. The van der Waals surface area contributed by atoms with Gasteiger partial charge >= 0.3 is 0 Å². The molecule has 1 aliphatic carbocycles. The molecule has 7 nitrogen and oxygen atoms in total. The first-order valence-corrected chi connectivity index (χ1v) is 13.9. The Bertz CT molecular complexity index is 1210. The van der Waals surface area contributed by atoms with Crippen LogP contribution in [0.2, 0.25) is 0 Å². The second-order valence-corrected chi connectivity index (χ2v) is 13.5. The Morgan fingerprint density at radius 3 is 2.46 bits per heavy atom. The normalized spacial score (nSPS) is 23.1. The predicted octanol–water partition coefficient (Wildman–Crippen LogP) is 4.09. The zero-order valence-corrected chi connectivity index (χ0v) is 21.7. The van der Waals surface area contributed by atoms with Crippen LogP contribution in [-0.2, 0) is 26.6 Å². The monoisotopic (exact) mass is 510 g/mol. The minimum absolute atomic E-state index is 0.0947. The van der Waals surface area contributed by atoms with E-state index in [1.54, 1.807) is 30.0 Å². The van der Waals surface area contributed by atoms with Gasteiger partial charge in [-0.1, -0.05) is 20.8 Å². The Kier molecular flexibility index (Phi) is 6.76. The van der Waals surface area contributed by atoms with Gasteiger partial charge in [0.2, 0.25) is 11.8 Å². The summed E-state index contributed by atoms with van der Waals surface area (Å²) in [6.07, 6.45) is 1.29. The third kappa shape index (κ3) is 5.23. The standard InChI is InChI=1S/C25H36F2N4O3S/c1-16(30-12-9-18(15-30)22(28)32)35(33,34)19-5-6-21-20(13-19)29-23(24(2,3)4)31(21)14-17-7-10-25(26,27)11-8-17/h5-6,13,16-18H,7-12,14-15H2,1-4H3,(H2,28,32). The van der Waals surface area contributed by atoms with Crippen molar-refractivity contribution in [3.8, 4) is 0 Å². The number of hydrogen-bond acceptors (Lipinski definition) is 5. The van der Waals surface area contributed by atoms with Crippen molar-refractivity contribution >= 4 is 26.8 Å². The van der Waals surface area contributed by atoms with Gasteiger partial charge in [0, 0.05) is 37.9 Å². The lowest BCUT2D eigenvalue weighted by Crippen LogP contribution is -2.38. The molecule has 1 aromatic carbocycles. The first kappa shape index (κ1) is 26.0. The van der Waals surface area contributed by atoms with Crippen LogP contribution in [0.15, 0.2) is 23.1 Å². The number of nitrogens with zero attached hydrogens (tertiary/aromatic N) is 3. The maximum absolute atomic E-state index is 13.7. The first-order chi connectivity index (χ1) is 16.2. The highest BCUT2D eigenvalue weighted by atomic mass is 32.2. The minimum atomic E-state index is -3.70. The van der Waals surface area contributed by atoms with Crippen molar-refractivity contribution in [1.29, 1.82) is 0 Å². The Morgan fingerprint density at radius 1 is 1.23 bits per heavy atom. The van der Waals surface area contributed by atoms with Gasteiger partial charge in [0.15, 0.2) is 9.84 Å². The number of primary amides is 1. The third-order valence-corrected chi connectivity index (χ3v) is 9.69. The van der Waals surface area contributed by atoms with E-state index in [0.717, 1.165) is 11.3 Å². The summed E-state index contributed by atoms with van der Waals surface area (Å²) in [4.78, 5) is 18.3. The zero-order valence-electron chi connectivity index (χ0n) is 20.9. The average molecular weight is 511 g/mol. The minimum Gasteiger partial charge on any atom is -0.369 e. The van der Waals surface area contributed by atoms with Crippen molar-refractivity contribution in [2.24, 2.45) is 17.6 Å². The molecule has 35 heavy (non-hydrogen) atoms. The summed E-state index contributed by atoms with van der Waals surface area (Å²) in [6.45, 7) is 9.19. The number of halogens is 2. The number of carbonyl (C=O) groups excluding carboxylic acids is 1. The molecule has 2 atom stereocenters. The molecule has 1 aromatic heterocycles. The predicted molar refractivity (Wildman–Crippen MR) is 131 cm³/mol. The molecule has 2 aliphatic rings. The van der Waals surface area contributed by atoms with E-state index in [-0.39, 0.29) is 35.0 Å². The number of sulfone groups is 1. The van der Waals surface area contributed by atoms with Crippen LogP contribution in [0.25, 0.3) is 11.0 Å². The number of carbonyl (C=O) groups is 1. The van der Waals surface area contributed by atoms with E-state index < -0.39 is 27.0 Å². The molecular formula is C25H36F2N4O3S. The Labute approximate surface area is 206 Å². The van der Waals surface area contributed by atoms with Crippen molar-refractivity contribution in [1.82, 2.24) is 14.5 Å². The van der Waals surface area contributed by atoms with Gasteiger partial charge < -0.3 is 10.3 Å². The molecule has 1 saturated heterocycles. The van der Waals surface area contributed by atoms with Crippen LogP contribution in [-0.4, -0.2) is 53.2 Å². The van der Waals surface area contributed by atoms with E-state index in [9.17, 15) is 22.0 Å². The summed E-state index contributed by atoms with van der Waals surface area (Å²) in [7, 11) is -3.70. The molecule has 2 fully saturated rings. The van der Waals surface area contributed by atoms with E-state index in [4.69, 9.17) is 10.7 Å². The first-order valence-electron chi connectivity index (χ1n) is 12.3. The van der Waals surface area contributed by atoms with Crippen molar-refractivity contribution in [3.63, 3.8) is 0 Å². The van der Waals surface area contributed by atoms with Crippen molar-refractivity contribution in [2.75, 3.05) is 13.1 Å². The van der Waals surface area contributed by atoms with Crippen LogP contribution in [0.1, 0.15) is 65.6 Å². The molecule has 0 bridgehead atoms. The fourth-order valence-corrected chi connectivity index (χ4v) is 6.84. The Balaban J connectivity index is 1.64. The highest BCUT2D eigenvalue weighted by Gasteiger charge is 2.37. The molecule has 2 heterocycles. The number of nitrogens with two attached hydrogens (primary N) is 1. The van der Waals surface area contributed by atoms with Crippen LogP contribution >= 0.6 is 0 Å². The van der Waals surface area contributed by atoms with Crippen LogP contribution < -0.4 is 5.73 Å². The maximum atomic E-state index is 13.7. The van der Waals surface area contributed by atoms with E-state index in [1.165, 1.54) is 0 Å². The zero-order chi connectivity index (χ0) is 25.8. The fourth-order valence-electron chi connectivity index (χ4n) is 5.33. The molecule has 0 spiro atoms. The van der Waals surface area contributed by atoms with Crippen LogP contribution in [0, 0.1) is 11.8 Å². The van der Waals surface area contributed by atoms with Gasteiger partial charge in [0.1, 0.15) is 11.2 Å². The number of hydrogen-bond donors (Lipinski definition) is 1. The summed E-state index contributed by atoms with van der Waals surface area (Å²) >= 11 is 0.